The third-order valence-corrected chi connectivity index (χ3v) is 1.53. The molecule has 0 N–H and O–H groups in total. The molecule has 12 heavy (non-hydrogen) atoms. The lowest BCUT2D eigenvalue weighted by molar-refractivity contribution is 0.768. The van der Waals surface area contributed by atoms with E-state index in [1.807, 2.05) is 19.3 Å². The van der Waals surface area contributed by atoms with Crippen LogP contribution in [0.5, 0.6) is 0 Å². The number of hydrogen-bond acceptors (Lipinski definition) is 3. The summed E-state index contributed by atoms with van der Waals surface area (Å²) in [7, 11) is 1.87. The van der Waals surface area contributed by atoms with Crippen LogP contribution in [-0.2, 0) is 7.05 Å². The van der Waals surface area contributed by atoms with Gasteiger partial charge in [0.25, 0.3) is 0 Å². The molecule has 0 aliphatic carbocycles. The minimum atomic E-state index is 0.821. The van der Waals surface area contributed by atoms with Crippen LogP contribution < -0.4 is 0 Å². The molecule has 0 bridgehead atoms. The van der Waals surface area contributed by atoms with Gasteiger partial charge in [0, 0.05) is 18.8 Å². The molecule has 59 valence electrons. The van der Waals surface area contributed by atoms with Crippen molar-refractivity contribution in [2.75, 3.05) is 0 Å². The molecule has 0 atom stereocenters. The van der Waals surface area contributed by atoms with Crippen LogP contribution in [0.25, 0.3) is 11.3 Å². The second-order valence-electron chi connectivity index (χ2n) is 2.45. The van der Waals surface area contributed by atoms with Crippen molar-refractivity contribution >= 4 is 0 Å². The summed E-state index contributed by atoms with van der Waals surface area (Å²) in [4.78, 5) is 0. The van der Waals surface area contributed by atoms with E-state index in [-0.39, 0.29) is 0 Å². The van der Waals surface area contributed by atoms with E-state index in [4.69, 9.17) is 0 Å². The van der Waals surface area contributed by atoms with Crippen LogP contribution in [0.2, 0.25) is 0 Å². The Balaban J connectivity index is 2.45. The van der Waals surface area contributed by atoms with Gasteiger partial charge in [-0.1, -0.05) is 0 Å². The standard InChI is InChI=1S/C8H7N4/c1-12-6-7(5-10-12)8-3-2-4-9-11-8/h2-3,5-6H,1H3. The van der Waals surface area contributed by atoms with Crippen LogP contribution in [-0.4, -0.2) is 20.0 Å². The van der Waals surface area contributed by atoms with Gasteiger partial charge < -0.3 is 0 Å². The lowest BCUT2D eigenvalue weighted by atomic mass is 10.2. The van der Waals surface area contributed by atoms with Gasteiger partial charge >= 0.3 is 0 Å². The van der Waals surface area contributed by atoms with Gasteiger partial charge in [0.15, 0.2) is 0 Å². The Bertz CT molecular complexity index is 366. The number of nitrogens with zero attached hydrogens (tertiary/aromatic N) is 4. The molecule has 0 saturated carbocycles. The van der Waals surface area contributed by atoms with Crippen molar-refractivity contribution in [2.24, 2.45) is 7.05 Å². The van der Waals surface area contributed by atoms with Crippen molar-refractivity contribution in [2.45, 2.75) is 0 Å². The van der Waals surface area contributed by atoms with Gasteiger partial charge in [-0.15, -0.1) is 10.2 Å². The molecule has 0 fully saturated rings. The van der Waals surface area contributed by atoms with E-state index in [2.05, 4.69) is 21.5 Å². The van der Waals surface area contributed by atoms with Gasteiger partial charge in [0.05, 0.1) is 11.9 Å². The van der Waals surface area contributed by atoms with E-state index in [0.717, 1.165) is 11.3 Å². The monoisotopic (exact) mass is 159 g/mol. The Morgan fingerprint density at radius 3 is 3.00 bits per heavy atom. The molecule has 2 rings (SSSR count). The van der Waals surface area contributed by atoms with E-state index in [1.165, 1.54) is 0 Å². The maximum atomic E-state index is 4.03. The maximum Gasteiger partial charge on any atom is 0.113 e. The Kier molecular flexibility index (Phi) is 1.59. The fraction of sp³-hybridized carbons (Fsp3) is 0.125. The summed E-state index contributed by atoms with van der Waals surface area (Å²) in [5, 5.41) is 11.6. The molecule has 2 heterocycles. The molecular weight excluding hydrogens is 152 g/mol. The average Bonchev–Trinajstić information content (AvgIpc) is 2.54. The zero-order chi connectivity index (χ0) is 8.39. The van der Waals surface area contributed by atoms with Gasteiger partial charge in [0.2, 0.25) is 0 Å². The Labute approximate surface area is 69.9 Å². The predicted octanol–water partition coefficient (Wildman–Crippen LogP) is 0.677. The third-order valence-electron chi connectivity index (χ3n) is 1.53. The van der Waals surface area contributed by atoms with Gasteiger partial charge in [-0.25, -0.2) is 0 Å². The highest BCUT2D eigenvalue weighted by atomic mass is 15.2. The van der Waals surface area contributed by atoms with E-state index < -0.39 is 0 Å². The van der Waals surface area contributed by atoms with Crippen LogP contribution in [0.4, 0.5) is 0 Å². The molecule has 0 amide bonds. The van der Waals surface area contributed by atoms with E-state index >= 15 is 0 Å². The normalized spacial score (nSPS) is 10.1. The van der Waals surface area contributed by atoms with Crippen LogP contribution in [0.3, 0.4) is 0 Å². The smallest absolute Gasteiger partial charge is 0.113 e. The molecule has 2 aromatic rings. The second-order valence-corrected chi connectivity index (χ2v) is 2.45. The van der Waals surface area contributed by atoms with Crippen molar-refractivity contribution in [3.63, 3.8) is 0 Å². The summed E-state index contributed by atoms with van der Waals surface area (Å²) in [5.41, 5.74) is 1.79. The molecule has 0 aromatic carbocycles. The first-order valence-electron chi connectivity index (χ1n) is 3.55. The molecule has 4 heteroatoms. The fourth-order valence-corrected chi connectivity index (χ4v) is 0.973. The fourth-order valence-electron chi connectivity index (χ4n) is 0.973. The molecule has 0 spiro atoms. The second kappa shape index (κ2) is 2.73. The van der Waals surface area contributed by atoms with Crippen molar-refractivity contribution in [3.8, 4) is 11.3 Å². The van der Waals surface area contributed by atoms with E-state index in [0.29, 0.717) is 0 Å². The molecule has 1 radical (unpaired) electrons. The summed E-state index contributed by atoms with van der Waals surface area (Å²) >= 11 is 0. The molecule has 0 saturated heterocycles. The summed E-state index contributed by atoms with van der Waals surface area (Å²) in [6.07, 6.45) is 6.27. The van der Waals surface area contributed by atoms with Crippen molar-refractivity contribution in [1.29, 1.82) is 0 Å². The Morgan fingerprint density at radius 2 is 2.42 bits per heavy atom. The minimum Gasteiger partial charge on any atom is -0.275 e. The van der Waals surface area contributed by atoms with Gasteiger partial charge in [0.1, 0.15) is 6.20 Å². The van der Waals surface area contributed by atoms with Gasteiger partial charge in [-0.2, -0.15) is 5.10 Å². The highest BCUT2D eigenvalue weighted by molar-refractivity contribution is 5.55. The van der Waals surface area contributed by atoms with Crippen molar-refractivity contribution in [3.05, 3.63) is 30.7 Å². The first-order valence-corrected chi connectivity index (χ1v) is 3.55. The van der Waals surface area contributed by atoms with E-state index in [1.54, 1.807) is 16.9 Å². The molecule has 0 aliphatic rings. The lowest BCUT2D eigenvalue weighted by Gasteiger charge is -1.90. The molecule has 0 unspecified atom stereocenters. The number of aromatic nitrogens is 4. The van der Waals surface area contributed by atoms with Crippen molar-refractivity contribution in [1.82, 2.24) is 20.0 Å². The zero-order valence-corrected chi connectivity index (χ0v) is 6.60. The van der Waals surface area contributed by atoms with Crippen LogP contribution >= 0.6 is 0 Å². The average molecular weight is 159 g/mol. The van der Waals surface area contributed by atoms with Crippen LogP contribution in [0, 0.1) is 6.20 Å². The largest absolute Gasteiger partial charge is 0.275 e. The van der Waals surface area contributed by atoms with E-state index in [9.17, 15) is 0 Å². The molecule has 2 aromatic heterocycles. The summed E-state index contributed by atoms with van der Waals surface area (Å²) in [5.74, 6) is 0. The van der Waals surface area contributed by atoms with Crippen molar-refractivity contribution < 1.29 is 0 Å². The number of rotatable bonds is 1. The molecular formula is C8H7N4. The van der Waals surface area contributed by atoms with Gasteiger partial charge in [-0.3, -0.25) is 4.68 Å². The number of aryl methyl sites for hydroxylation is 1. The Hall–Kier alpha value is -1.71. The van der Waals surface area contributed by atoms with Crippen LogP contribution in [0.1, 0.15) is 0 Å². The summed E-state index contributed by atoms with van der Waals surface area (Å²) in [6.45, 7) is 0. The SMILES string of the molecule is Cn1cc(-c2cc[c]nn2)cn1. The lowest BCUT2D eigenvalue weighted by Crippen LogP contribution is -1.85. The predicted molar refractivity (Wildman–Crippen MR) is 43.1 cm³/mol. The maximum absolute atomic E-state index is 4.03. The first kappa shape index (κ1) is 6.97. The third kappa shape index (κ3) is 1.18. The zero-order valence-electron chi connectivity index (χ0n) is 6.60. The quantitative estimate of drug-likeness (QED) is 0.614. The molecule has 4 nitrogen and oxygen atoms in total. The number of hydrogen-bond donors (Lipinski definition) is 0. The summed E-state index contributed by atoms with van der Waals surface area (Å²) in [6, 6.07) is 3.58. The minimum absolute atomic E-state index is 0.821. The summed E-state index contributed by atoms with van der Waals surface area (Å²) < 4.78 is 1.73. The van der Waals surface area contributed by atoms with Crippen LogP contribution in [0.15, 0.2) is 24.5 Å². The molecule has 0 aliphatic heterocycles. The Morgan fingerprint density at radius 1 is 1.50 bits per heavy atom. The highest BCUT2D eigenvalue weighted by Gasteiger charge is 1.99. The highest BCUT2D eigenvalue weighted by Crippen LogP contribution is 2.12. The van der Waals surface area contributed by atoms with Gasteiger partial charge in [-0.05, 0) is 12.1 Å². The topological polar surface area (TPSA) is 43.6 Å². The first-order chi connectivity index (χ1) is 5.86.